The van der Waals surface area contributed by atoms with Crippen LogP contribution in [0.2, 0.25) is 0 Å². The van der Waals surface area contributed by atoms with Gasteiger partial charge in [-0.1, -0.05) is 6.92 Å². The smallest absolute Gasteiger partial charge is 0.225 e. The maximum atomic E-state index is 4.59. The quantitative estimate of drug-likeness (QED) is 0.683. The molecule has 3 aromatic heterocycles. The molecule has 0 N–H and O–H groups in total. The molecule has 0 atom stereocenters. The summed E-state index contributed by atoms with van der Waals surface area (Å²) in [5.74, 6) is 1.90. The molecule has 1 saturated heterocycles. The molecule has 0 bridgehead atoms. The van der Waals surface area contributed by atoms with Gasteiger partial charge in [-0.2, -0.15) is 0 Å². The number of piperazine rings is 1. The van der Waals surface area contributed by atoms with Crippen molar-refractivity contribution in [2.75, 3.05) is 36.0 Å². The molecule has 138 valence electrons. The van der Waals surface area contributed by atoms with Gasteiger partial charge in [-0.15, -0.1) is 23.7 Å². The van der Waals surface area contributed by atoms with E-state index >= 15 is 0 Å². The fourth-order valence-electron chi connectivity index (χ4n) is 3.29. The van der Waals surface area contributed by atoms with E-state index < -0.39 is 0 Å². The number of rotatable bonds is 3. The van der Waals surface area contributed by atoms with E-state index in [1.807, 2.05) is 19.9 Å². The Hall–Kier alpha value is -1.99. The van der Waals surface area contributed by atoms with E-state index in [1.54, 1.807) is 17.7 Å². The maximum Gasteiger partial charge on any atom is 0.225 e. The fourth-order valence-corrected chi connectivity index (χ4v) is 4.22. The third-order valence-corrected chi connectivity index (χ3v) is 5.73. The lowest BCUT2D eigenvalue weighted by molar-refractivity contribution is 0.634. The number of fused-ring (bicyclic) bond motifs is 1. The number of thiophene rings is 1. The Morgan fingerprint density at radius 2 is 1.62 bits per heavy atom. The second-order valence-corrected chi connectivity index (χ2v) is 7.52. The predicted octanol–water partition coefficient (Wildman–Crippen LogP) is 3.41. The van der Waals surface area contributed by atoms with Crippen LogP contribution >= 0.6 is 23.7 Å². The summed E-state index contributed by atoms with van der Waals surface area (Å²) in [6, 6.07) is 4.26. The zero-order chi connectivity index (χ0) is 17.4. The summed E-state index contributed by atoms with van der Waals surface area (Å²) in [5, 5.41) is 1.18. The van der Waals surface area contributed by atoms with Gasteiger partial charge in [-0.3, -0.25) is 0 Å². The summed E-state index contributed by atoms with van der Waals surface area (Å²) >= 11 is 1.77. The van der Waals surface area contributed by atoms with Crippen LogP contribution < -0.4 is 9.80 Å². The highest BCUT2D eigenvalue weighted by Gasteiger charge is 2.22. The van der Waals surface area contributed by atoms with Gasteiger partial charge in [0.1, 0.15) is 17.0 Å². The number of anilines is 2. The lowest BCUT2D eigenvalue weighted by atomic mass is 10.2. The molecule has 0 saturated carbocycles. The van der Waals surface area contributed by atoms with Gasteiger partial charge in [-0.25, -0.2) is 19.9 Å². The van der Waals surface area contributed by atoms with Crippen molar-refractivity contribution in [1.82, 2.24) is 19.9 Å². The number of aromatic nitrogens is 4. The zero-order valence-corrected chi connectivity index (χ0v) is 16.9. The van der Waals surface area contributed by atoms with Crippen LogP contribution in [0.5, 0.6) is 0 Å². The highest BCUT2D eigenvalue weighted by molar-refractivity contribution is 7.18. The van der Waals surface area contributed by atoms with Crippen molar-refractivity contribution in [2.24, 2.45) is 0 Å². The Labute approximate surface area is 163 Å². The molecule has 8 heteroatoms. The number of aryl methyl sites for hydroxylation is 3. The average molecular weight is 391 g/mol. The Morgan fingerprint density at radius 3 is 2.27 bits per heavy atom. The lowest BCUT2D eigenvalue weighted by Crippen LogP contribution is -2.47. The van der Waals surface area contributed by atoms with Gasteiger partial charge in [0.05, 0.1) is 5.39 Å². The van der Waals surface area contributed by atoms with Crippen molar-refractivity contribution in [3.8, 4) is 0 Å². The molecular formula is C18H23ClN6S. The summed E-state index contributed by atoms with van der Waals surface area (Å²) < 4.78 is 0. The van der Waals surface area contributed by atoms with Crippen LogP contribution in [0.1, 0.15) is 23.2 Å². The molecule has 1 aliphatic rings. The SMILES string of the molecule is CCc1cc2c(N3CCN(c4nc(C)cc(C)n4)CC3)ncnc2s1.Cl. The first-order valence-corrected chi connectivity index (χ1v) is 9.51. The molecule has 4 rings (SSSR count). The van der Waals surface area contributed by atoms with Crippen LogP contribution in [0.25, 0.3) is 10.2 Å². The summed E-state index contributed by atoms with van der Waals surface area (Å²) in [6.45, 7) is 9.86. The molecule has 4 heterocycles. The molecule has 26 heavy (non-hydrogen) atoms. The second-order valence-electron chi connectivity index (χ2n) is 6.41. The Kier molecular flexibility index (Phi) is 5.58. The van der Waals surface area contributed by atoms with E-state index in [-0.39, 0.29) is 12.4 Å². The Balaban J connectivity index is 0.00000196. The summed E-state index contributed by atoms with van der Waals surface area (Å²) in [6.07, 6.45) is 2.73. The topological polar surface area (TPSA) is 58.0 Å². The molecule has 0 aliphatic carbocycles. The highest BCUT2D eigenvalue weighted by Crippen LogP contribution is 2.31. The van der Waals surface area contributed by atoms with Crippen LogP contribution in [-0.4, -0.2) is 46.1 Å². The highest BCUT2D eigenvalue weighted by atomic mass is 35.5. The average Bonchev–Trinajstić information content (AvgIpc) is 3.04. The van der Waals surface area contributed by atoms with Crippen LogP contribution in [0.4, 0.5) is 11.8 Å². The Bertz CT molecular complexity index is 884. The third-order valence-electron chi connectivity index (χ3n) is 4.54. The second kappa shape index (κ2) is 7.72. The van der Waals surface area contributed by atoms with Gasteiger partial charge in [0.25, 0.3) is 0 Å². The molecule has 3 aromatic rings. The van der Waals surface area contributed by atoms with Gasteiger partial charge in [0.2, 0.25) is 5.95 Å². The molecule has 6 nitrogen and oxygen atoms in total. The summed E-state index contributed by atoms with van der Waals surface area (Å²) in [4.78, 5) is 25.3. The van der Waals surface area contributed by atoms with Gasteiger partial charge >= 0.3 is 0 Å². The van der Waals surface area contributed by atoms with E-state index in [2.05, 4.69) is 42.7 Å². The van der Waals surface area contributed by atoms with Gasteiger partial charge in [0.15, 0.2) is 0 Å². The third kappa shape index (κ3) is 3.59. The van der Waals surface area contributed by atoms with Gasteiger partial charge < -0.3 is 9.80 Å². The maximum absolute atomic E-state index is 4.59. The molecule has 0 aromatic carbocycles. The standard InChI is InChI=1S/C18H22N6S.ClH/c1-4-14-10-15-16(19-11-20-17(15)25-14)23-5-7-24(8-6-23)18-21-12(2)9-13(3)22-18;/h9-11H,4-8H2,1-3H3;1H. The van der Waals surface area contributed by atoms with Crippen LogP contribution in [0.3, 0.4) is 0 Å². The fraction of sp³-hybridized carbons (Fsp3) is 0.444. The van der Waals surface area contributed by atoms with Crippen molar-refractivity contribution < 1.29 is 0 Å². The van der Waals surface area contributed by atoms with Crippen molar-refractivity contribution >= 4 is 45.7 Å². The normalized spacial score (nSPS) is 14.6. The van der Waals surface area contributed by atoms with Crippen LogP contribution in [0, 0.1) is 13.8 Å². The summed E-state index contributed by atoms with van der Waals surface area (Å²) in [5.41, 5.74) is 2.04. The number of hydrogen-bond acceptors (Lipinski definition) is 7. The minimum Gasteiger partial charge on any atom is -0.352 e. The molecule has 0 unspecified atom stereocenters. The van der Waals surface area contributed by atoms with Crippen molar-refractivity contribution in [2.45, 2.75) is 27.2 Å². The molecule has 1 fully saturated rings. The molecule has 0 radical (unpaired) electrons. The van der Waals surface area contributed by atoms with E-state index in [0.29, 0.717) is 0 Å². The first-order valence-electron chi connectivity index (χ1n) is 8.69. The predicted molar refractivity (Wildman–Crippen MR) is 110 cm³/mol. The van der Waals surface area contributed by atoms with Gasteiger partial charge in [0, 0.05) is 42.4 Å². The monoisotopic (exact) mass is 390 g/mol. The molecule has 1 aliphatic heterocycles. The molecule has 0 amide bonds. The first kappa shape index (κ1) is 18.8. The lowest BCUT2D eigenvalue weighted by Gasteiger charge is -2.35. The van der Waals surface area contributed by atoms with E-state index in [9.17, 15) is 0 Å². The first-order chi connectivity index (χ1) is 12.1. The minimum atomic E-state index is 0. The number of hydrogen-bond donors (Lipinski definition) is 0. The summed E-state index contributed by atoms with van der Waals surface area (Å²) in [7, 11) is 0. The van der Waals surface area contributed by atoms with Gasteiger partial charge in [-0.05, 0) is 32.4 Å². The van der Waals surface area contributed by atoms with Crippen molar-refractivity contribution in [3.05, 3.63) is 34.7 Å². The largest absolute Gasteiger partial charge is 0.352 e. The van der Waals surface area contributed by atoms with E-state index in [1.165, 1.54) is 10.3 Å². The van der Waals surface area contributed by atoms with Crippen molar-refractivity contribution in [1.29, 1.82) is 0 Å². The number of halogens is 1. The van der Waals surface area contributed by atoms with E-state index in [4.69, 9.17) is 0 Å². The number of nitrogens with zero attached hydrogens (tertiary/aromatic N) is 6. The molecular weight excluding hydrogens is 368 g/mol. The molecule has 0 spiro atoms. The van der Waals surface area contributed by atoms with Crippen LogP contribution in [0.15, 0.2) is 18.5 Å². The Morgan fingerprint density at radius 1 is 0.962 bits per heavy atom. The van der Waals surface area contributed by atoms with E-state index in [0.717, 1.165) is 60.6 Å². The van der Waals surface area contributed by atoms with Crippen molar-refractivity contribution in [3.63, 3.8) is 0 Å². The minimum absolute atomic E-state index is 0. The zero-order valence-electron chi connectivity index (χ0n) is 15.3. The van der Waals surface area contributed by atoms with Crippen LogP contribution in [-0.2, 0) is 6.42 Å².